The van der Waals surface area contributed by atoms with Gasteiger partial charge >= 0.3 is 5.97 Å². The molecule has 1 amide bonds. The standard InChI is InChI=1S/C21H25N5O3/c27-19(15-24-9-6-17(14-24)21(28)29)26-12-10-25(11-13-26)18-4-2-16(3-5-18)20-22-7-1-8-23-20/h1-5,7-8,17H,6,9-15H2,(H,28,29)/t17-/m1/s1. The highest BCUT2D eigenvalue weighted by atomic mass is 16.4. The molecule has 8 heteroatoms. The van der Waals surface area contributed by atoms with Gasteiger partial charge in [-0.05, 0) is 43.3 Å². The second-order valence-electron chi connectivity index (χ2n) is 7.55. The van der Waals surface area contributed by atoms with Crippen LogP contribution >= 0.6 is 0 Å². The number of nitrogens with zero attached hydrogens (tertiary/aromatic N) is 5. The summed E-state index contributed by atoms with van der Waals surface area (Å²) in [6, 6.07) is 9.98. The van der Waals surface area contributed by atoms with Gasteiger partial charge < -0.3 is 14.9 Å². The third kappa shape index (κ3) is 4.54. The van der Waals surface area contributed by atoms with E-state index >= 15 is 0 Å². The van der Waals surface area contributed by atoms with Gasteiger partial charge in [0.2, 0.25) is 5.91 Å². The summed E-state index contributed by atoms with van der Waals surface area (Å²) in [5, 5.41) is 9.10. The van der Waals surface area contributed by atoms with Crippen molar-refractivity contribution >= 4 is 17.6 Å². The number of carbonyl (C=O) groups excluding carboxylic acids is 1. The predicted molar refractivity (Wildman–Crippen MR) is 108 cm³/mol. The van der Waals surface area contributed by atoms with Gasteiger partial charge in [-0.2, -0.15) is 0 Å². The lowest BCUT2D eigenvalue weighted by Gasteiger charge is -2.36. The number of rotatable bonds is 5. The zero-order chi connectivity index (χ0) is 20.2. The van der Waals surface area contributed by atoms with Crippen molar-refractivity contribution < 1.29 is 14.7 Å². The van der Waals surface area contributed by atoms with Crippen LogP contribution in [0.3, 0.4) is 0 Å². The maximum absolute atomic E-state index is 12.6. The Bertz CT molecular complexity index is 850. The number of likely N-dealkylation sites (tertiary alicyclic amines) is 1. The first-order valence-electron chi connectivity index (χ1n) is 9.95. The molecule has 3 heterocycles. The minimum atomic E-state index is -0.765. The number of hydrogen-bond acceptors (Lipinski definition) is 6. The summed E-state index contributed by atoms with van der Waals surface area (Å²) in [6.45, 7) is 4.39. The van der Waals surface area contributed by atoms with Crippen LogP contribution in [0.2, 0.25) is 0 Å². The monoisotopic (exact) mass is 395 g/mol. The van der Waals surface area contributed by atoms with Crippen LogP contribution in [-0.2, 0) is 9.59 Å². The second-order valence-corrected chi connectivity index (χ2v) is 7.55. The number of amides is 1. The molecule has 1 atom stereocenters. The van der Waals surface area contributed by atoms with Crippen LogP contribution in [0.25, 0.3) is 11.4 Å². The normalized spacial score (nSPS) is 20.1. The Morgan fingerprint density at radius 3 is 2.31 bits per heavy atom. The molecule has 0 unspecified atom stereocenters. The van der Waals surface area contributed by atoms with Crippen LogP contribution in [0, 0.1) is 5.92 Å². The minimum absolute atomic E-state index is 0.0901. The summed E-state index contributed by atoms with van der Waals surface area (Å²) in [6.07, 6.45) is 4.09. The lowest BCUT2D eigenvalue weighted by molar-refractivity contribution is -0.141. The molecule has 1 aromatic heterocycles. The molecule has 8 nitrogen and oxygen atoms in total. The average Bonchev–Trinajstić information content (AvgIpc) is 3.23. The summed E-state index contributed by atoms with van der Waals surface area (Å²) in [7, 11) is 0. The van der Waals surface area contributed by atoms with Gasteiger partial charge in [0.15, 0.2) is 5.82 Å². The molecule has 2 aliphatic heterocycles. The van der Waals surface area contributed by atoms with Crippen molar-refractivity contribution in [1.29, 1.82) is 0 Å². The fourth-order valence-electron chi connectivity index (χ4n) is 3.95. The van der Waals surface area contributed by atoms with Gasteiger partial charge in [0, 0.05) is 56.4 Å². The van der Waals surface area contributed by atoms with E-state index in [1.807, 2.05) is 21.9 Å². The Morgan fingerprint density at radius 2 is 1.69 bits per heavy atom. The zero-order valence-corrected chi connectivity index (χ0v) is 16.3. The number of carboxylic acid groups (broad SMARTS) is 1. The smallest absolute Gasteiger partial charge is 0.307 e. The highest BCUT2D eigenvalue weighted by Gasteiger charge is 2.30. The molecule has 2 fully saturated rings. The van der Waals surface area contributed by atoms with E-state index in [1.165, 1.54) is 0 Å². The molecular formula is C21H25N5O3. The number of aromatic nitrogens is 2. The molecule has 1 N–H and O–H groups in total. The Morgan fingerprint density at radius 1 is 1.00 bits per heavy atom. The zero-order valence-electron chi connectivity index (χ0n) is 16.3. The first-order chi connectivity index (χ1) is 14.1. The first-order valence-corrected chi connectivity index (χ1v) is 9.95. The van der Waals surface area contributed by atoms with Crippen molar-refractivity contribution in [3.63, 3.8) is 0 Å². The number of benzene rings is 1. The summed E-state index contributed by atoms with van der Waals surface area (Å²) in [5.74, 6) is -0.309. The largest absolute Gasteiger partial charge is 0.481 e. The van der Waals surface area contributed by atoms with Crippen molar-refractivity contribution in [2.45, 2.75) is 6.42 Å². The Kier molecular flexibility index (Phi) is 5.71. The summed E-state index contributed by atoms with van der Waals surface area (Å²) in [5.41, 5.74) is 2.11. The van der Waals surface area contributed by atoms with Gasteiger partial charge in [0.25, 0.3) is 0 Å². The lowest BCUT2D eigenvalue weighted by atomic mass is 10.1. The number of carboxylic acids is 1. The van der Waals surface area contributed by atoms with E-state index in [9.17, 15) is 9.59 Å². The van der Waals surface area contributed by atoms with E-state index < -0.39 is 5.97 Å². The molecule has 0 aliphatic carbocycles. The molecular weight excluding hydrogens is 370 g/mol. The van der Waals surface area contributed by atoms with E-state index in [1.54, 1.807) is 18.5 Å². The number of anilines is 1. The molecule has 0 saturated carbocycles. The van der Waals surface area contributed by atoms with Crippen molar-refractivity contribution in [3.8, 4) is 11.4 Å². The fraction of sp³-hybridized carbons (Fsp3) is 0.429. The van der Waals surface area contributed by atoms with Crippen LogP contribution in [-0.4, -0.2) is 82.6 Å². The van der Waals surface area contributed by atoms with E-state index in [0.717, 1.165) is 24.3 Å². The van der Waals surface area contributed by atoms with Crippen LogP contribution in [0.4, 0.5) is 5.69 Å². The van der Waals surface area contributed by atoms with Crippen molar-refractivity contribution in [2.75, 3.05) is 50.7 Å². The summed E-state index contributed by atoms with van der Waals surface area (Å²) >= 11 is 0. The number of piperazine rings is 1. The van der Waals surface area contributed by atoms with E-state index in [2.05, 4.69) is 27.0 Å². The molecule has 29 heavy (non-hydrogen) atoms. The summed E-state index contributed by atoms with van der Waals surface area (Å²) in [4.78, 5) is 38.3. The maximum atomic E-state index is 12.6. The Labute approximate surface area is 169 Å². The Hall–Kier alpha value is -3.00. The highest BCUT2D eigenvalue weighted by Crippen LogP contribution is 2.22. The topological polar surface area (TPSA) is 89.9 Å². The fourth-order valence-corrected chi connectivity index (χ4v) is 3.95. The number of carbonyl (C=O) groups is 2. The predicted octanol–water partition coefficient (Wildman–Crippen LogP) is 1.20. The van der Waals surface area contributed by atoms with E-state index in [-0.39, 0.29) is 11.8 Å². The molecule has 2 aromatic rings. The number of aliphatic carboxylic acids is 1. The van der Waals surface area contributed by atoms with Gasteiger partial charge in [-0.3, -0.25) is 14.5 Å². The van der Waals surface area contributed by atoms with Crippen LogP contribution < -0.4 is 4.90 Å². The van der Waals surface area contributed by atoms with Gasteiger partial charge in [0.1, 0.15) is 0 Å². The molecule has 4 rings (SSSR count). The second kappa shape index (κ2) is 8.57. The molecule has 0 bridgehead atoms. The van der Waals surface area contributed by atoms with Crippen molar-refractivity contribution in [1.82, 2.24) is 19.8 Å². The SMILES string of the molecule is O=C(O)[C@@H]1CCN(CC(=O)N2CCN(c3ccc(-c4ncccn4)cc3)CC2)C1. The first kappa shape index (κ1) is 19.3. The maximum Gasteiger partial charge on any atom is 0.307 e. The van der Waals surface area contributed by atoms with Gasteiger partial charge in [-0.25, -0.2) is 9.97 Å². The quantitative estimate of drug-likeness (QED) is 0.814. The summed E-state index contributed by atoms with van der Waals surface area (Å²) < 4.78 is 0. The lowest BCUT2D eigenvalue weighted by Crippen LogP contribution is -2.51. The van der Waals surface area contributed by atoms with Gasteiger partial charge in [0.05, 0.1) is 12.5 Å². The third-order valence-electron chi connectivity index (χ3n) is 5.67. The van der Waals surface area contributed by atoms with Gasteiger partial charge in [-0.1, -0.05) is 0 Å². The van der Waals surface area contributed by atoms with Crippen LogP contribution in [0.15, 0.2) is 42.7 Å². The molecule has 1 aromatic carbocycles. The molecule has 2 aliphatic rings. The van der Waals surface area contributed by atoms with Crippen molar-refractivity contribution in [2.24, 2.45) is 5.92 Å². The third-order valence-corrected chi connectivity index (χ3v) is 5.67. The molecule has 152 valence electrons. The minimum Gasteiger partial charge on any atom is -0.481 e. The average molecular weight is 395 g/mol. The molecule has 0 radical (unpaired) electrons. The van der Waals surface area contributed by atoms with Crippen LogP contribution in [0.5, 0.6) is 0 Å². The van der Waals surface area contributed by atoms with Crippen LogP contribution in [0.1, 0.15) is 6.42 Å². The molecule has 0 spiro atoms. The number of hydrogen-bond donors (Lipinski definition) is 1. The van der Waals surface area contributed by atoms with E-state index in [4.69, 9.17) is 5.11 Å². The Balaban J connectivity index is 1.28. The molecule has 2 saturated heterocycles. The van der Waals surface area contributed by atoms with Gasteiger partial charge in [-0.15, -0.1) is 0 Å². The highest BCUT2D eigenvalue weighted by molar-refractivity contribution is 5.79. The van der Waals surface area contributed by atoms with E-state index in [0.29, 0.717) is 45.0 Å². The van der Waals surface area contributed by atoms with Crippen molar-refractivity contribution in [3.05, 3.63) is 42.7 Å².